The van der Waals surface area contributed by atoms with Crippen molar-refractivity contribution in [2.45, 2.75) is 5.88 Å². The molecule has 0 fully saturated rings. The highest BCUT2D eigenvalue weighted by molar-refractivity contribution is 6.31. The van der Waals surface area contributed by atoms with Crippen molar-refractivity contribution in [3.05, 3.63) is 34.5 Å². The second-order valence-corrected chi connectivity index (χ2v) is 4.37. The van der Waals surface area contributed by atoms with E-state index in [1.807, 2.05) is 11.6 Å². The normalized spacial score (nSPS) is 10.8. The van der Waals surface area contributed by atoms with Gasteiger partial charge in [0.15, 0.2) is 0 Å². The van der Waals surface area contributed by atoms with Crippen LogP contribution >= 0.6 is 23.2 Å². The van der Waals surface area contributed by atoms with E-state index in [1.54, 1.807) is 18.2 Å². The summed E-state index contributed by atoms with van der Waals surface area (Å²) in [4.78, 5) is 11.8. The maximum atomic E-state index is 11.8. The molecule has 2 aromatic rings. The molecule has 90 valence electrons. The number of alkyl halides is 1. The van der Waals surface area contributed by atoms with Crippen LogP contribution in [0.4, 0.5) is 0 Å². The molecule has 5 heteroatoms. The van der Waals surface area contributed by atoms with Crippen LogP contribution in [0.1, 0.15) is 16.1 Å². The summed E-state index contributed by atoms with van der Waals surface area (Å²) >= 11 is 11.8. The molecule has 0 aliphatic rings. The van der Waals surface area contributed by atoms with E-state index in [0.29, 0.717) is 10.6 Å². The number of rotatable bonds is 2. The first-order chi connectivity index (χ1) is 8.10. The minimum absolute atomic E-state index is 0.243. The molecule has 0 atom stereocenters. The van der Waals surface area contributed by atoms with Crippen molar-refractivity contribution in [3.8, 4) is 0 Å². The molecule has 0 N–H and O–H groups in total. The molecule has 2 rings (SSSR count). The second kappa shape index (κ2) is 4.59. The van der Waals surface area contributed by atoms with Crippen molar-refractivity contribution in [3.63, 3.8) is 0 Å². The number of methoxy groups -OCH3 is 1. The molecule has 0 saturated carbocycles. The molecular formula is C12H11Cl2NO2. The Kier molecular flexibility index (Phi) is 3.31. The molecule has 0 unspecified atom stereocenters. The van der Waals surface area contributed by atoms with Crippen molar-refractivity contribution >= 4 is 40.1 Å². The number of benzene rings is 1. The molecule has 1 aromatic heterocycles. The van der Waals surface area contributed by atoms with Gasteiger partial charge in [-0.15, -0.1) is 11.6 Å². The molecule has 3 nitrogen and oxygen atoms in total. The van der Waals surface area contributed by atoms with Crippen LogP contribution in [0.5, 0.6) is 0 Å². The summed E-state index contributed by atoms with van der Waals surface area (Å²) < 4.78 is 6.65. The lowest BCUT2D eigenvalue weighted by Gasteiger charge is -2.02. The van der Waals surface area contributed by atoms with E-state index in [9.17, 15) is 4.79 Å². The summed E-state index contributed by atoms with van der Waals surface area (Å²) in [5.41, 5.74) is 2.11. The molecule has 0 aliphatic carbocycles. The fourth-order valence-corrected chi connectivity index (χ4v) is 2.43. The van der Waals surface area contributed by atoms with Gasteiger partial charge in [0.05, 0.1) is 24.1 Å². The minimum atomic E-state index is -0.381. The third kappa shape index (κ3) is 1.90. The summed E-state index contributed by atoms with van der Waals surface area (Å²) in [6.45, 7) is 0. The highest BCUT2D eigenvalue weighted by Crippen LogP contribution is 2.29. The Bertz CT molecular complexity index is 590. The lowest BCUT2D eigenvalue weighted by molar-refractivity contribution is 0.0602. The van der Waals surface area contributed by atoms with E-state index in [2.05, 4.69) is 0 Å². The largest absolute Gasteiger partial charge is 0.465 e. The van der Waals surface area contributed by atoms with E-state index in [0.717, 1.165) is 16.6 Å². The molecule has 17 heavy (non-hydrogen) atoms. The smallest absolute Gasteiger partial charge is 0.340 e. The van der Waals surface area contributed by atoms with Gasteiger partial charge in [0.1, 0.15) is 0 Å². The Morgan fingerprint density at radius 3 is 2.76 bits per heavy atom. The Morgan fingerprint density at radius 2 is 2.18 bits per heavy atom. The van der Waals surface area contributed by atoms with Crippen LogP contribution in [0.2, 0.25) is 5.02 Å². The number of carbonyl (C=O) groups excluding carboxylic acids is 1. The molecule has 0 bridgehead atoms. The summed E-state index contributed by atoms with van der Waals surface area (Å²) in [6, 6.07) is 5.35. The van der Waals surface area contributed by atoms with Crippen LogP contribution in [-0.4, -0.2) is 17.6 Å². The second-order valence-electron chi connectivity index (χ2n) is 3.67. The zero-order valence-corrected chi connectivity index (χ0v) is 11.0. The molecule has 0 amide bonds. The third-order valence-corrected chi connectivity index (χ3v) is 3.29. The minimum Gasteiger partial charge on any atom is -0.465 e. The SMILES string of the molecule is COC(=O)c1c(CCl)n(C)c2cc(Cl)ccc12. The zero-order chi connectivity index (χ0) is 12.6. The molecule has 0 spiro atoms. The Labute approximate surface area is 109 Å². The number of hydrogen-bond acceptors (Lipinski definition) is 2. The van der Waals surface area contributed by atoms with Crippen LogP contribution in [0, 0.1) is 0 Å². The average molecular weight is 272 g/mol. The van der Waals surface area contributed by atoms with Crippen molar-refractivity contribution in [1.82, 2.24) is 4.57 Å². The first kappa shape index (κ1) is 12.3. The van der Waals surface area contributed by atoms with Gasteiger partial charge in [0, 0.05) is 23.2 Å². The van der Waals surface area contributed by atoms with Gasteiger partial charge < -0.3 is 9.30 Å². The van der Waals surface area contributed by atoms with Gasteiger partial charge in [0.25, 0.3) is 0 Å². The van der Waals surface area contributed by atoms with Crippen molar-refractivity contribution in [1.29, 1.82) is 0 Å². The highest BCUT2D eigenvalue weighted by atomic mass is 35.5. The number of halogens is 2. The molecule has 0 aliphatic heterocycles. The van der Waals surface area contributed by atoms with Gasteiger partial charge in [-0.2, -0.15) is 0 Å². The van der Waals surface area contributed by atoms with Crippen LogP contribution in [0.3, 0.4) is 0 Å². The average Bonchev–Trinajstić information content (AvgIpc) is 2.61. The predicted octanol–water partition coefficient (Wildman–Crippen LogP) is 3.36. The first-order valence-electron chi connectivity index (χ1n) is 5.01. The van der Waals surface area contributed by atoms with Crippen molar-refractivity contribution in [2.75, 3.05) is 7.11 Å². The van der Waals surface area contributed by atoms with Crippen LogP contribution < -0.4 is 0 Å². The topological polar surface area (TPSA) is 31.2 Å². The summed E-state index contributed by atoms with van der Waals surface area (Å²) in [6.07, 6.45) is 0. The van der Waals surface area contributed by atoms with Crippen molar-refractivity contribution < 1.29 is 9.53 Å². The van der Waals surface area contributed by atoms with Crippen LogP contribution in [0.25, 0.3) is 10.9 Å². The quantitative estimate of drug-likeness (QED) is 0.620. The fourth-order valence-electron chi connectivity index (χ4n) is 1.95. The van der Waals surface area contributed by atoms with Crippen LogP contribution in [0.15, 0.2) is 18.2 Å². The number of ether oxygens (including phenoxy) is 1. The number of aromatic nitrogens is 1. The summed E-state index contributed by atoms with van der Waals surface area (Å²) in [5, 5.41) is 1.43. The van der Waals surface area contributed by atoms with Gasteiger partial charge in [-0.3, -0.25) is 0 Å². The Balaban J connectivity index is 2.84. The lowest BCUT2D eigenvalue weighted by Crippen LogP contribution is -2.05. The predicted molar refractivity (Wildman–Crippen MR) is 68.8 cm³/mol. The van der Waals surface area contributed by atoms with E-state index in [4.69, 9.17) is 27.9 Å². The summed E-state index contributed by atoms with van der Waals surface area (Å²) in [5.74, 6) is -0.138. The van der Waals surface area contributed by atoms with Gasteiger partial charge in [-0.1, -0.05) is 17.7 Å². The standard InChI is InChI=1S/C12H11Cl2NO2/c1-15-9-5-7(14)3-4-8(9)11(10(15)6-13)12(16)17-2/h3-5H,6H2,1-2H3. The lowest BCUT2D eigenvalue weighted by atomic mass is 10.1. The number of hydrogen-bond donors (Lipinski definition) is 0. The third-order valence-electron chi connectivity index (χ3n) is 2.80. The number of esters is 1. The first-order valence-corrected chi connectivity index (χ1v) is 5.92. The Hall–Kier alpha value is -1.19. The van der Waals surface area contributed by atoms with Gasteiger partial charge in [-0.05, 0) is 12.1 Å². The molecule has 1 heterocycles. The maximum absolute atomic E-state index is 11.8. The van der Waals surface area contributed by atoms with E-state index in [1.165, 1.54) is 7.11 Å². The number of fused-ring (bicyclic) bond motifs is 1. The van der Waals surface area contributed by atoms with E-state index < -0.39 is 0 Å². The number of carbonyl (C=O) groups is 1. The molecular weight excluding hydrogens is 261 g/mol. The van der Waals surface area contributed by atoms with E-state index >= 15 is 0 Å². The fraction of sp³-hybridized carbons (Fsp3) is 0.250. The van der Waals surface area contributed by atoms with Gasteiger partial charge >= 0.3 is 5.97 Å². The Morgan fingerprint density at radius 1 is 1.47 bits per heavy atom. The van der Waals surface area contributed by atoms with E-state index in [-0.39, 0.29) is 11.8 Å². The molecule has 1 aromatic carbocycles. The summed E-state index contributed by atoms with van der Waals surface area (Å²) in [7, 11) is 3.21. The monoisotopic (exact) mass is 271 g/mol. The van der Waals surface area contributed by atoms with Gasteiger partial charge in [0.2, 0.25) is 0 Å². The molecule has 0 saturated heterocycles. The number of nitrogens with zero attached hydrogens (tertiary/aromatic N) is 1. The van der Waals surface area contributed by atoms with Crippen LogP contribution in [-0.2, 0) is 17.7 Å². The molecule has 0 radical (unpaired) electrons. The maximum Gasteiger partial charge on any atom is 0.340 e. The zero-order valence-electron chi connectivity index (χ0n) is 9.46. The highest BCUT2D eigenvalue weighted by Gasteiger charge is 2.20. The van der Waals surface area contributed by atoms with Crippen molar-refractivity contribution in [2.24, 2.45) is 7.05 Å². The number of aryl methyl sites for hydroxylation is 1. The van der Waals surface area contributed by atoms with Gasteiger partial charge in [-0.25, -0.2) is 4.79 Å².